The third-order valence-electron chi connectivity index (χ3n) is 5.05. The molecule has 0 saturated carbocycles. The van der Waals surface area contributed by atoms with E-state index >= 15 is 0 Å². The van der Waals surface area contributed by atoms with Crippen LogP contribution in [-0.2, 0) is 19.5 Å². The maximum absolute atomic E-state index is 12.9. The maximum Gasteiger partial charge on any atom is 0.346 e. The van der Waals surface area contributed by atoms with E-state index in [4.69, 9.17) is 0 Å². The highest BCUT2D eigenvalue weighted by atomic mass is 16.4. The standard InChI is InChI=1S/C24H29N3O3/c1-4-5-10-22-25-27(15-17(2)3)24(30)26(22)16-18-11-13-19(14-12-18)20-8-6-7-9-21(20)23(28)29/h6-9,11-14,17H,4-5,10,15-16H2,1-3H3,(H,28,29). The summed E-state index contributed by atoms with van der Waals surface area (Å²) in [6, 6.07) is 14.7. The fourth-order valence-corrected chi connectivity index (χ4v) is 3.52. The molecule has 0 unspecified atom stereocenters. The van der Waals surface area contributed by atoms with Crippen molar-refractivity contribution in [1.82, 2.24) is 14.3 Å². The van der Waals surface area contributed by atoms with Crippen LogP contribution in [0.15, 0.2) is 53.3 Å². The molecule has 0 atom stereocenters. The van der Waals surface area contributed by atoms with Gasteiger partial charge in [0.05, 0.1) is 12.1 Å². The molecule has 0 amide bonds. The van der Waals surface area contributed by atoms with Crippen molar-refractivity contribution in [2.24, 2.45) is 5.92 Å². The Morgan fingerprint density at radius 1 is 1.10 bits per heavy atom. The molecule has 6 heteroatoms. The van der Waals surface area contributed by atoms with Crippen LogP contribution in [0.25, 0.3) is 11.1 Å². The zero-order chi connectivity index (χ0) is 21.7. The number of hydrogen-bond acceptors (Lipinski definition) is 3. The molecule has 0 spiro atoms. The summed E-state index contributed by atoms with van der Waals surface area (Å²) in [6.45, 7) is 7.34. The van der Waals surface area contributed by atoms with E-state index in [0.717, 1.165) is 36.2 Å². The molecule has 0 saturated heterocycles. The number of nitrogens with zero attached hydrogens (tertiary/aromatic N) is 3. The quantitative estimate of drug-likeness (QED) is 0.568. The summed E-state index contributed by atoms with van der Waals surface area (Å²) in [5, 5.41) is 14.0. The third-order valence-corrected chi connectivity index (χ3v) is 5.05. The second-order valence-electron chi connectivity index (χ2n) is 8.01. The zero-order valence-electron chi connectivity index (χ0n) is 17.8. The second-order valence-corrected chi connectivity index (χ2v) is 8.01. The van der Waals surface area contributed by atoms with Gasteiger partial charge in [0.2, 0.25) is 0 Å². The van der Waals surface area contributed by atoms with Crippen LogP contribution in [0.1, 0.15) is 55.4 Å². The molecule has 3 aromatic rings. The van der Waals surface area contributed by atoms with Gasteiger partial charge in [-0.05, 0) is 35.1 Å². The second kappa shape index (κ2) is 9.57. The van der Waals surface area contributed by atoms with Gasteiger partial charge in [-0.15, -0.1) is 0 Å². The van der Waals surface area contributed by atoms with E-state index in [0.29, 0.717) is 24.6 Å². The molecule has 0 aliphatic carbocycles. The molecule has 158 valence electrons. The average Bonchev–Trinajstić information content (AvgIpc) is 3.01. The normalized spacial score (nSPS) is 11.2. The van der Waals surface area contributed by atoms with Crippen LogP contribution in [-0.4, -0.2) is 25.4 Å². The first kappa shape index (κ1) is 21.6. The van der Waals surface area contributed by atoms with Crippen molar-refractivity contribution in [3.63, 3.8) is 0 Å². The molecule has 1 N–H and O–H groups in total. The molecule has 2 aromatic carbocycles. The molecule has 30 heavy (non-hydrogen) atoms. The van der Waals surface area contributed by atoms with Gasteiger partial charge in [-0.2, -0.15) is 5.10 Å². The van der Waals surface area contributed by atoms with E-state index in [1.165, 1.54) is 0 Å². The summed E-state index contributed by atoms with van der Waals surface area (Å²) in [5.41, 5.74) is 2.71. The van der Waals surface area contributed by atoms with E-state index in [9.17, 15) is 14.7 Å². The van der Waals surface area contributed by atoms with E-state index in [1.807, 2.05) is 36.4 Å². The van der Waals surface area contributed by atoms with E-state index in [-0.39, 0.29) is 11.3 Å². The molecule has 0 aliphatic rings. The Kier molecular flexibility index (Phi) is 6.87. The maximum atomic E-state index is 12.9. The zero-order valence-corrected chi connectivity index (χ0v) is 17.8. The van der Waals surface area contributed by atoms with Crippen LogP contribution >= 0.6 is 0 Å². The number of carboxylic acids is 1. The Morgan fingerprint density at radius 2 is 1.80 bits per heavy atom. The van der Waals surface area contributed by atoms with Crippen molar-refractivity contribution in [2.45, 2.75) is 53.1 Å². The van der Waals surface area contributed by atoms with Crippen LogP contribution in [0.3, 0.4) is 0 Å². The number of rotatable bonds is 9. The molecule has 3 rings (SSSR count). The lowest BCUT2D eigenvalue weighted by molar-refractivity contribution is 0.0697. The highest BCUT2D eigenvalue weighted by Gasteiger charge is 2.15. The van der Waals surface area contributed by atoms with E-state index in [1.54, 1.807) is 21.4 Å². The predicted octanol–water partition coefficient (Wildman–Crippen LogP) is 4.46. The summed E-state index contributed by atoms with van der Waals surface area (Å²) in [6.07, 6.45) is 2.81. The van der Waals surface area contributed by atoms with Crippen LogP contribution in [0.5, 0.6) is 0 Å². The monoisotopic (exact) mass is 407 g/mol. The average molecular weight is 408 g/mol. The number of hydrogen-bond donors (Lipinski definition) is 1. The molecule has 6 nitrogen and oxygen atoms in total. The number of aromatic nitrogens is 3. The van der Waals surface area contributed by atoms with E-state index < -0.39 is 5.97 Å². The van der Waals surface area contributed by atoms with Crippen molar-refractivity contribution in [3.05, 3.63) is 76.0 Å². The number of aromatic carboxylic acids is 1. The summed E-state index contributed by atoms with van der Waals surface area (Å²) >= 11 is 0. The minimum absolute atomic E-state index is 0.0740. The van der Waals surface area contributed by atoms with Gasteiger partial charge in [0.1, 0.15) is 5.82 Å². The number of carboxylic acid groups (broad SMARTS) is 1. The van der Waals surface area contributed by atoms with Gasteiger partial charge in [-0.3, -0.25) is 4.57 Å². The molecule has 1 aromatic heterocycles. The summed E-state index contributed by atoms with van der Waals surface area (Å²) in [5.74, 6) is 0.223. The van der Waals surface area contributed by atoms with Crippen molar-refractivity contribution >= 4 is 5.97 Å². The highest BCUT2D eigenvalue weighted by molar-refractivity contribution is 5.95. The molecule has 0 bridgehead atoms. The van der Waals surface area contributed by atoms with Crippen LogP contribution in [0.4, 0.5) is 0 Å². The predicted molar refractivity (Wildman–Crippen MR) is 118 cm³/mol. The highest BCUT2D eigenvalue weighted by Crippen LogP contribution is 2.24. The van der Waals surface area contributed by atoms with Crippen LogP contribution < -0.4 is 5.69 Å². The fraction of sp³-hybridized carbons (Fsp3) is 0.375. The number of benzene rings is 2. The fourth-order valence-electron chi connectivity index (χ4n) is 3.52. The van der Waals surface area contributed by atoms with Crippen molar-refractivity contribution in [1.29, 1.82) is 0 Å². The van der Waals surface area contributed by atoms with Gasteiger partial charge in [-0.1, -0.05) is 69.7 Å². The first-order valence-corrected chi connectivity index (χ1v) is 10.5. The van der Waals surface area contributed by atoms with Gasteiger partial charge in [0.15, 0.2) is 0 Å². The molecular weight excluding hydrogens is 378 g/mol. The van der Waals surface area contributed by atoms with Gasteiger partial charge in [-0.25, -0.2) is 14.3 Å². The molecule has 0 radical (unpaired) electrons. The lowest BCUT2D eigenvalue weighted by Crippen LogP contribution is -2.27. The first-order valence-electron chi connectivity index (χ1n) is 10.5. The number of aryl methyl sites for hydroxylation is 1. The van der Waals surface area contributed by atoms with Gasteiger partial charge in [0, 0.05) is 13.0 Å². The van der Waals surface area contributed by atoms with Crippen LogP contribution in [0.2, 0.25) is 0 Å². The first-order chi connectivity index (χ1) is 14.4. The number of unbranched alkanes of at least 4 members (excludes halogenated alkanes) is 1. The van der Waals surface area contributed by atoms with Crippen LogP contribution in [0, 0.1) is 5.92 Å². The Hall–Kier alpha value is -3.15. The van der Waals surface area contributed by atoms with Crippen molar-refractivity contribution < 1.29 is 9.90 Å². The van der Waals surface area contributed by atoms with Gasteiger partial charge in [0.25, 0.3) is 0 Å². The minimum atomic E-state index is -0.945. The minimum Gasteiger partial charge on any atom is -0.478 e. The Bertz CT molecular complexity index is 1060. The molecule has 0 fully saturated rings. The Morgan fingerprint density at radius 3 is 2.43 bits per heavy atom. The Labute approximate surface area is 176 Å². The summed E-state index contributed by atoms with van der Waals surface area (Å²) in [7, 11) is 0. The molecule has 0 aliphatic heterocycles. The van der Waals surface area contributed by atoms with E-state index in [2.05, 4.69) is 25.9 Å². The molecular formula is C24H29N3O3. The van der Waals surface area contributed by atoms with Crippen molar-refractivity contribution in [3.8, 4) is 11.1 Å². The SMILES string of the molecule is CCCCc1nn(CC(C)C)c(=O)n1Cc1ccc(-c2ccccc2C(=O)O)cc1. The number of carbonyl (C=O) groups is 1. The summed E-state index contributed by atoms with van der Waals surface area (Å²) in [4.78, 5) is 24.4. The molecule has 1 heterocycles. The Balaban J connectivity index is 1.89. The summed E-state index contributed by atoms with van der Waals surface area (Å²) < 4.78 is 3.34. The smallest absolute Gasteiger partial charge is 0.346 e. The lowest BCUT2D eigenvalue weighted by atomic mass is 9.99. The van der Waals surface area contributed by atoms with Crippen molar-refractivity contribution in [2.75, 3.05) is 0 Å². The van der Waals surface area contributed by atoms with Gasteiger partial charge < -0.3 is 5.11 Å². The topological polar surface area (TPSA) is 77.1 Å². The third kappa shape index (κ3) is 4.87. The largest absolute Gasteiger partial charge is 0.478 e. The van der Waals surface area contributed by atoms with Gasteiger partial charge >= 0.3 is 11.7 Å². The lowest BCUT2D eigenvalue weighted by Gasteiger charge is -2.09.